The SMILES string of the molecule is Cn1c(SCCCN2CC[C@]3(C[C@@H]3c3ccc(C(F)(F)F)cc3)C2)nnc1-c1cccc(-c2ncco2)c1. The first-order valence-electron chi connectivity index (χ1n) is 12.7. The molecule has 2 atom stereocenters. The van der Waals surface area contributed by atoms with Gasteiger partial charge in [-0.1, -0.05) is 36.0 Å². The molecule has 2 aromatic heterocycles. The molecule has 4 aromatic rings. The van der Waals surface area contributed by atoms with Crippen LogP contribution in [0, 0.1) is 5.41 Å². The van der Waals surface area contributed by atoms with E-state index in [-0.39, 0.29) is 5.41 Å². The van der Waals surface area contributed by atoms with Crippen molar-refractivity contribution in [3.8, 4) is 22.8 Å². The maximum Gasteiger partial charge on any atom is 0.416 e. The first kappa shape index (κ1) is 25.2. The van der Waals surface area contributed by atoms with Gasteiger partial charge in [-0.05, 0) is 73.5 Å². The molecule has 0 N–H and O–H groups in total. The highest BCUT2D eigenvalue weighted by atomic mass is 32.2. The second-order valence-electron chi connectivity index (χ2n) is 10.3. The molecule has 6 rings (SSSR count). The summed E-state index contributed by atoms with van der Waals surface area (Å²) in [7, 11) is 1.98. The lowest BCUT2D eigenvalue weighted by Gasteiger charge is -2.16. The number of oxazole rings is 1. The monoisotopic (exact) mass is 539 g/mol. The largest absolute Gasteiger partial charge is 0.445 e. The predicted molar refractivity (Wildman–Crippen MR) is 140 cm³/mol. The van der Waals surface area contributed by atoms with Crippen LogP contribution in [0.15, 0.2) is 70.6 Å². The molecule has 1 saturated carbocycles. The molecule has 1 aliphatic heterocycles. The summed E-state index contributed by atoms with van der Waals surface area (Å²) in [5.41, 5.74) is 2.56. The van der Waals surface area contributed by atoms with E-state index in [1.807, 2.05) is 35.9 Å². The van der Waals surface area contributed by atoms with E-state index in [4.69, 9.17) is 4.42 Å². The van der Waals surface area contributed by atoms with Crippen LogP contribution in [0.3, 0.4) is 0 Å². The number of hydrogen-bond donors (Lipinski definition) is 0. The van der Waals surface area contributed by atoms with Crippen LogP contribution in [0.1, 0.15) is 36.3 Å². The van der Waals surface area contributed by atoms with Crippen LogP contribution in [-0.2, 0) is 13.2 Å². The van der Waals surface area contributed by atoms with Crippen molar-refractivity contribution in [2.45, 2.75) is 36.5 Å². The Kier molecular flexibility index (Phi) is 6.55. The number of aromatic nitrogens is 4. The quantitative estimate of drug-likeness (QED) is 0.188. The molecule has 3 heterocycles. The molecule has 6 nitrogen and oxygen atoms in total. The molecule has 1 aliphatic carbocycles. The van der Waals surface area contributed by atoms with Gasteiger partial charge in [0.1, 0.15) is 6.26 Å². The number of thioether (sulfide) groups is 1. The molecule has 0 amide bonds. The summed E-state index contributed by atoms with van der Waals surface area (Å²) in [4.78, 5) is 6.72. The Bertz CT molecular complexity index is 1400. The minimum absolute atomic E-state index is 0.241. The van der Waals surface area contributed by atoms with Crippen LogP contribution in [0.4, 0.5) is 13.2 Å². The molecule has 0 unspecified atom stereocenters. The highest BCUT2D eigenvalue weighted by Gasteiger charge is 2.57. The average Bonchev–Trinajstić information content (AvgIpc) is 3.29. The van der Waals surface area contributed by atoms with Crippen molar-refractivity contribution in [3.05, 3.63) is 72.1 Å². The summed E-state index contributed by atoms with van der Waals surface area (Å²) in [6, 6.07) is 13.7. The summed E-state index contributed by atoms with van der Waals surface area (Å²) in [6.45, 7) is 3.09. The van der Waals surface area contributed by atoms with E-state index in [1.54, 1.807) is 36.4 Å². The van der Waals surface area contributed by atoms with Crippen molar-refractivity contribution in [1.82, 2.24) is 24.6 Å². The number of benzene rings is 2. The third-order valence-corrected chi connectivity index (χ3v) is 8.89. The van der Waals surface area contributed by atoms with E-state index < -0.39 is 11.7 Å². The van der Waals surface area contributed by atoms with Crippen molar-refractivity contribution in [2.75, 3.05) is 25.4 Å². The molecule has 198 valence electrons. The highest BCUT2D eigenvalue weighted by Crippen LogP contribution is 2.64. The second kappa shape index (κ2) is 9.89. The van der Waals surface area contributed by atoms with Gasteiger partial charge in [-0.3, -0.25) is 0 Å². The molecule has 1 saturated heterocycles. The summed E-state index contributed by atoms with van der Waals surface area (Å²) >= 11 is 1.70. The third kappa shape index (κ3) is 4.99. The zero-order chi connectivity index (χ0) is 26.3. The van der Waals surface area contributed by atoms with Gasteiger partial charge in [-0.15, -0.1) is 10.2 Å². The van der Waals surface area contributed by atoms with Gasteiger partial charge < -0.3 is 13.9 Å². The summed E-state index contributed by atoms with van der Waals surface area (Å²) in [5.74, 6) is 2.69. The van der Waals surface area contributed by atoms with E-state index in [9.17, 15) is 13.2 Å². The number of alkyl halides is 3. The van der Waals surface area contributed by atoms with Gasteiger partial charge in [0, 0.05) is 30.5 Å². The Labute approximate surface area is 223 Å². The third-order valence-electron chi connectivity index (χ3n) is 7.78. The molecule has 0 radical (unpaired) electrons. The van der Waals surface area contributed by atoms with E-state index >= 15 is 0 Å². The van der Waals surface area contributed by atoms with Gasteiger partial charge in [0.25, 0.3) is 0 Å². The lowest BCUT2D eigenvalue weighted by Crippen LogP contribution is -2.23. The molecule has 2 fully saturated rings. The Hall–Kier alpha value is -3.11. The molecular weight excluding hydrogens is 511 g/mol. The number of nitrogens with zero attached hydrogens (tertiary/aromatic N) is 5. The fraction of sp³-hybridized carbons (Fsp3) is 0.393. The Morgan fingerprint density at radius 2 is 1.92 bits per heavy atom. The van der Waals surface area contributed by atoms with E-state index in [1.165, 1.54) is 12.1 Å². The number of hydrogen-bond acceptors (Lipinski definition) is 6. The molecule has 2 aromatic carbocycles. The molecule has 2 aliphatic rings. The number of likely N-dealkylation sites (tertiary alicyclic amines) is 1. The second-order valence-corrected chi connectivity index (χ2v) is 11.3. The number of rotatable bonds is 8. The van der Waals surface area contributed by atoms with Gasteiger partial charge in [-0.25, -0.2) is 4.98 Å². The Balaban J connectivity index is 0.991. The minimum atomic E-state index is -4.28. The zero-order valence-electron chi connectivity index (χ0n) is 21.0. The van der Waals surface area contributed by atoms with Gasteiger partial charge in [0.2, 0.25) is 5.89 Å². The predicted octanol–water partition coefficient (Wildman–Crippen LogP) is 6.52. The molecule has 10 heteroatoms. The summed E-state index contributed by atoms with van der Waals surface area (Å²) < 4.78 is 46.1. The van der Waals surface area contributed by atoms with Crippen molar-refractivity contribution < 1.29 is 17.6 Å². The minimum Gasteiger partial charge on any atom is -0.445 e. The van der Waals surface area contributed by atoms with Crippen LogP contribution >= 0.6 is 11.8 Å². The van der Waals surface area contributed by atoms with E-state index in [0.29, 0.717) is 11.8 Å². The van der Waals surface area contributed by atoms with Gasteiger partial charge >= 0.3 is 6.18 Å². The van der Waals surface area contributed by atoms with Crippen LogP contribution in [-0.4, -0.2) is 50.0 Å². The lowest BCUT2D eigenvalue weighted by atomic mass is 9.97. The lowest BCUT2D eigenvalue weighted by molar-refractivity contribution is -0.137. The molecule has 38 heavy (non-hydrogen) atoms. The van der Waals surface area contributed by atoms with Gasteiger partial charge in [-0.2, -0.15) is 13.2 Å². The van der Waals surface area contributed by atoms with Crippen LogP contribution in [0.25, 0.3) is 22.8 Å². The van der Waals surface area contributed by atoms with Crippen molar-refractivity contribution in [2.24, 2.45) is 12.5 Å². The fourth-order valence-electron chi connectivity index (χ4n) is 5.65. The van der Waals surface area contributed by atoms with Crippen LogP contribution in [0.2, 0.25) is 0 Å². The normalized spacial score (nSPS) is 21.4. The summed E-state index contributed by atoms with van der Waals surface area (Å²) in [6.07, 6.45) is 2.13. The number of halogens is 3. The molecular formula is C28H28F3N5OS. The maximum absolute atomic E-state index is 12.9. The van der Waals surface area contributed by atoms with Crippen molar-refractivity contribution >= 4 is 11.8 Å². The van der Waals surface area contributed by atoms with Crippen LogP contribution in [0.5, 0.6) is 0 Å². The van der Waals surface area contributed by atoms with Gasteiger partial charge in [0.15, 0.2) is 11.0 Å². The highest BCUT2D eigenvalue weighted by molar-refractivity contribution is 7.99. The topological polar surface area (TPSA) is 60.0 Å². The average molecular weight is 540 g/mol. The van der Waals surface area contributed by atoms with Crippen molar-refractivity contribution in [1.29, 1.82) is 0 Å². The zero-order valence-corrected chi connectivity index (χ0v) is 21.8. The van der Waals surface area contributed by atoms with E-state index in [0.717, 1.165) is 72.3 Å². The van der Waals surface area contributed by atoms with E-state index in [2.05, 4.69) is 20.1 Å². The Morgan fingerprint density at radius 1 is 1.11 bits per heavy atom. The Morgan fingerprint density at radius 3 is 2.68 bits per heavy atom. The van der Waals surface area contributed by atoms with Crippen LogP contribution < -0.4 is 0 Å². The first-order chi connectivity index (χ1) is 18.3. The summed E-state index contributed by atoms with van der Waals surface area (Å²) in [5, 5.41) is 9.70. The molecule has 0 bridgehead atoms. The van der Waals surface area contributed by atoms with Crippen molar-refractivity contribution in [3.63, 3.8) is 0 Å². The maximum atomic E-state index is 12.9. The molecule has 1 spiro atoms. The first-order valence-corrected chi connectivity index (χ1v) is 13.7. The fourth-order valence-corrected chi connectivity index (χ4v) is 6.49. The smallest absolute Gasteiger partial charge is 0.416 e. The van der Waals surface area contributed by atoms with Gasteiger partial charge in [0.05, 0.1) is 11.8 Å². The standard InChI is InChI=1S/C28H28F3N5OS/c1-35-24(20-4-2-5-21(16-20)25-32-11-14-37-25)33-34-26(35)38-15-3-12-36-13-10-27(18-36)17-23(27)19-6-8-22(9-7-19)28(29,30)31/h2,4-9,11,14,16,23H,3,10,12-13,15,17-18H2,1H3/t23-,27+/m1/s1.